The van der Waals surface area contributed by atoms with Crippen LogP contribution in [0.25, 0.3) is 0 Å². The molecule has 0 radical (unpaired) electrons. The molecule has 1 rings (SSSR count). The van der Waals surface area contributed by atoms with Crippen molar-refractivity contribution in [3.8, 4) is 5.88 Å². The number of alkyl halides is 1. The molecular formula is C11H17ClN2O2. The number of halogens is 1. The van der Waals surface area contributed by atoms with Crippen LogP contribution in [0.2, 0.25) is 0 Å². The molecule has 5 heteroatoms. The molecule has 0 aliphatic carbocycles. The SMILES string of the molecule is CC(C)COCCOc1cncc(CCl)n1. The molecule has 1 aromatic heterocycles. The molecular weight excluding hydrogens is 228 g/mol. The smallest absolute Gasteiger partial charge is 0.232 e. The molecule has 1 aromatic rings. The van der Waals surface area contributed by atoms with Crippen LogP contribution in [0.4, 0.5) is 0 Å². The molecule has 0 amide bonds. The first-order chi connectivity index (χ1) is 7.72. The summed E-state index contributed by atoms with van der Waals surface area (Å²) in [6.45, 7) is 6.00. The summed E-state index contributed by atoms with van der Waals surface area (Å²) >= 11 is 5.63. The van der Waals surface area contributed by atoms with Gasteiger partial charge >= 0.3 is 0 Å². The van der Waals surface area contributed by atoms with Gasteiger partial charge in [0.2, 0.25) is 5.88 Å². The van der Waals surface area contributed by atoms with Gasteiger partial charge in [0.05, 0.1) is 24.4 Å². The Balaban J connectivity index is 2.21. The van der Waals surface area contributed by atoms with E-state index < -0.39 is 0 Å². The highest BCUT2D eigenvalue weighted by Gasteiger charge is 1.99. The molecule has 0 unspecified atom stereocenters. The maximum Gasteiger partial charge on any atom is 0.232 e. The van der Waals surface area contributed by atoms with E-state index in [0.29, 0.717) is 36.6 Å². The molecule has 1 heterocycles. The molecule has 0 atom stereocenters. The molecule has 0 fully saturated rings. The van der Waals surface area contributed by atoms with Gasteiger partial charge < -0.3 is 9.47 Å². The highest BCUT2D eigenvalue weighted by atomic mass is 35.5. The lowest BCUT2D eigenvalue weighted by atomic mass is 10.2. The lowest BCUT2D eigenvalue weighted by molar-refractivity contribution is 0.0804. The summed E-state index contributed by atoms with van der Waals surface area (Å²) in [6.07, 6.45) is 3.19. The van der Waals surface area contributed by atoms with Crippen molar-refractivity contribution in [2.75, 3.05) is 19.8 Å². The molecule has 0 aliphatic rings. The van der Waals surface area contributed by atoms with Crippen LogP contribution in [0.5, 0.6) is 5.88 Å². The normalized spacial score (nSPS) is 10.8. The van der Waals surface area contributed by atoms with Gasteiger partial charge in [-0.05, 0) is 5.92 Å². The zero-order valence-corrected chi connectivity index (χ0v) is 10.4. The van der Waals surface area contributed by atoms with Crippen molar-refractivity contribution in [1.29, 1.82) is 0 Å². The molecule has 0 saturated carbocycles. The number of hydrogen-bond donors (Lipinski definition) is 0. The van der Waals surface area contributed by atoms with E-state index in [1.807, 2.05) is 0 Å². The Hall–Kier alpha value is -0.870. The van der Waals surface area contributed by atoms with Gasteiger partial charge in [-0.1, -0.05) is 13.8 Å². The van der Waals surface area contributed by atoms with Gasteiger partial charge in [-0.25, -0.2) is 4.98 Å². The fourth-order valence-corrected chi connectivity index (χ4v) is 1.17. The van der Waals surface area contributed by atoms with Crippen LogP contribution in [-0.4, -0.2) is 29.8 Å². The van der Waals surface area contributed by atoms with Gasteiger partial charge in [0.15, 0.2) is 0 Å². The standard InChI is InChI=1S/C11H17ClN2O2/c1-9(2)8-15-3-4-16-11-7-13-6-10(5-12)14-11/h6-7,9H,3-5,8H2,1-2H3. The molecule has 16 heavy (non-hydrogen) atoms. The maximum absolute atomic E-state index is 5.63. The summed E-state index contributed by atoms with van der Waals surface area (Å²) in [6, 6.07) is 0. The first kappa shape index (κ1) is 13.2. The Morgan fingerprint density at radius 3 is 2.81 bits per heavy atom. The Morgan fingerprint density at radius 1 is 1.31 bits per heavy atom. The van der Waals surface area contributed by atoms with Gasteiger partial charge in [-0.2, -0.15) is 0 Å². The third-order valence-corrected chi connectivity index (χ3v) is 2.00. The lowest BCUT2D eigenvalue weighted by Crippen LogP contribution is -2.11. The summed E-state index contributed by atoms with van der Waals surface area (Å²) in [5.74, 6) is 1.37. The van der Waals surface area contributed by atoms with E-state index in [1.165, 1.54) is 0 Å². The van der Waals surface area contributed by atoms with Crippen LogP contribution in [0.15, 0.2) is 12.4 Å². The fourth-order valence-electron chi connectivity index (χ4n) is 1.04. The number of hydrogen-bond acceptors (Lipinski definition) is 4. The summed E-state index contributed by atoms with van der Waals surface area (Å²) in [5, 5.41) is 0. The number of aromatic nitrogens is 2. The Labute approximate surface area is 101 Å². The fraction of sp³-hybridized carbons (Fsp3) is 0.636. The van der Waals surface area contributed by atoms with Crippen molar-refractivity contribution < 1.29 is 9.47 Å². The van der Waals surface area contributed by atoms with E-state index >= 15 is 0 Å². The van der Waals surface area contributed by atoms with Crippen molar-refractivity contribution in [3.63, 3.8) is 0 Å². The van der Waals surface area contributed by atoms with E-state index in [1.54, 1.807) is 12.4 Å². The molecule has 0 saturated heterocycles. The maximum atomic E-state index is 5.63. The predicted octanol–water partition coefficient (Wildman–Crippen LogP) is 2.27. The van der Waals surface area contributed by atoms with E-state index in [4.69, 9.17) is 21.1 Å². The van der Waals surface area contributed by atoms with Crippen molar-refractivity contribution in [3.05, 3.63) is 18.1 Å². The van der Waals surface area contributed by atoms with Gasteiger partial charge in [0, 0.05) is 12.8 Å². The zero-order valence-electron chi connectivity index (χ0n) is 9.65. The first-order valence-electron chi connectivity index (χ1n) is 5.29. The van der Waals surface area contributed by atoms with Gasteiger partial charge in [-0.3, -0.25) is 4.98 Å². The summed E-state index contributed by atoms with van der Waals surface area (Å²) < 4.78 is 10.7. The summed E-state index contributed by atoms with van der Waals surface area (Å²) in [7, 11) is 0. The third-order valence-electron chi connectivity index (χ3n) is 1.73. The number of nitrogens with zero attached hydrogens (tertiary/aromatic N) is 2. The summed E-state index contributed by atoms with van der Waals surface area (Å²) in [5.41, 5.74) is 0.710. The minimum Gasteiger partial charge on any atom is -0.474 e. The Bertz CT molecular complexity index is 308. The van der Waals surface area contributed by atoms with Crippen molar-refractivity contribution in [2.24, 2.45) is 5.92 Å². The van der Waals surface area contributed by atoms with E-state index in [9.17, 15) is 0 Å². The van der Waals surface area contributed by atoms with Crippen molar-refractivity contribution in [1.82, 2.24) is 9.97 Å². The minimum atomic E-state index is 0.341. The van der Waals surface area contributed by atoms with Crippen LogP contribution in [-0.2, 0) is 10.6 Å². The second-order valence-corrected chi connectivity index (χ2v) is 4.07. The van der Waals surface area contributed by atoms with Crippen LogP contribution >= 0.6 is 11.6 Å². The monoisotopic (exact) mass is 244 g/mol. The highest BCUT2D eigenvalue weighted by molar-refractivity contribution is 6.16. The van der Waals surface area contributed by atoms with Gasteiger partial charge in [-0.15, -0.1) is 11.6 Å². The molecule has 0 aliphatic heterocycles. The van der Waals surface area contributed by atoms with E-state index in [-0.39, 0.29) is 0 Å². The number of rotatable bonds is 7. The average Bonchev–Trinajstić information content (AvgIpc) is 2.28. The van der Waals surface area contributed by atoms with Gasteiger partial charge in [0.25, 0.3) is 0 Å². The second-order valence-electron chi connectivity index (χ2n) is 3.80. The van der Waals surface area contributed by atoms with Gasteiger partial charge in [0.1, 0.15) is 6.61 Å². The Morgan fingerprint density at radius 2 is 2.12 bits per heavy atom. The molecule has 90 valence electrons. The first-order valence-corrected chi connectivity index (χ1v) is 5.83. The zero-order chi connectivity index (χ0) is 11.8. The average molecular weight is 245 g/mol. The minimum absolute atomic E-state index is 0.341. The Kier molecular flexibility index (Phi) is 6.11. The van der Waals surface area contributed by atoms with Crippen LogP contribution in [0.3, 0.4) is 0 Å². The molecule has 0 N–H and O–H groups in total. The lowest BCUT2D eigenvalue weighted by Gasteiger charge is -2.08. The van der Waals surface area contributed by atoms with Crippen LogP contribution in [0, 0.1) is 5.92 Å². The topological polar surface area (TPSA) is 44.2 Å². The van der Waals surface area contributed by atoms with Crippen LogP contribution in [0.1, 0.15) is 19.5 Å². The van der Waals surface area contributed by atoms with Crippen molar-refractivity contribution >= 4 is 11.6 Å². The summed E-state index contributed by atoms with van der Waals surface area (Å²) in [4.78, 5) is 8.12. The second kappa shape index (κ2) is 7.41. The van der Waals surface area contributed by atoms with Crippen LogP contribution < -0.4 is 4.74 Å². The molecule has 0 aromatic carbocycles. The predicted molar refractivity (Wildman–Crippen MR) is 62.7 cm³/mol. The third kappa shape index (κ3) is 5.28. The highest BCUT2D eigenvalue weighted by Crippen LogP contribution is 2.06. The molecule has 4 nitrogen and oxygen atoms in total. The molecule has 0 bridgehead atoms. The quantitative estimate of drug-likeness (QED) is 0.545. The largest absolute Gasteiger partial charge is 0.474 e. The van der Waals surface area contributed by atoms with E-state index in [2.05, 4.69) is 23.8 Å². The van der Waals surface area contributed by atoms with E-state index in [0.717, 1.165) is 6.61 Å². The number of ether oxygens (including phenoxy) is 2. The molecule has 0 spiro atoms. The van der Waals surface area contributed by atoms with Crippen molar-refractivity contribution in [2.45, 2.75) is 19.7 Å².